The first-order valence-electron chi connectivity index (χ1n) is 5.92. The molecule has 0 bridgehead atoms. The third-order valence-corrected chi connectivity index (χ3v) is 3.34. The minimum absolute atomic E-state index is 0.0487. The van der Waals surface area contributed by atoms with E-state index in [0.29, 0.717) is 13.1 Å². The predicted molar refractivity (Wildman–Crippen MR) is 69.1 cm³/mol. The van der Waals surface area contributed by atoms with Crippen molar-refractivity contribution in [1.29, 1.82) is 0 Å². The van der Waals surface area contributed by atoms with Gasteiger partial charge in [0.05, 0.1) is 12.6 Å². The number of nitrogens with zero attached hydrogens (tertiary/aromatic N) is 1. The van der Waals surface area contributed by atoms with Gasteiger partial charge in [0.25, 0.3) is 0 Å². The van der Waals surface area contributed by atoms with Gasteiger partial charge in [0.1, 0.15) is 0 Å². The summed E-state index contributed by atoms with van der Waals surface area (Å²) in [6.07, 6.45) is 0. The summed E-state index contributed by atoms with van der Waals surface area (Å²) in [6, 6.07) is 6.23. The molecule has 2 rings (SSSR count). The molecule has 1 fully saturated rings. The summed E-state index contributed by atoms with van der Waals surface area (Å²) in [5.74, 6) is 0.0487. The predicted octanol–water partition coefficient (Wildman–Crippen LogP) is 0.567. The van der Waals surface area contributed by atoms with E-state index in [1.165, 1.54) is 11.1 Å². The van der Waals surface area contributed by atoms with Gasteiger partial charge in [-0.3, -0.25) is 4.79 Å². The fourth-order valence-corrected chi connectivity index (χ4v) is 2.22. The van der Waals surface area contributed by atoms with Gasteiger partial charge in [-0.25, -0.2) is 0 Å². The first-order valence-corrected chi connectivity index (χ1v) is 5.92. The molecule has 1 unspecified atom stereocenters. The zero-order valence-electron chi connectivity index (χ0n) is 10.4. The lowest BCUT2D eigenvalue weighted by Gasteiger charge is -2.35. The van der Waals surface area contributed by atoms with Crippen molar-refractivity contribution in [2.24, 2.45) is 5.73 Å². The molecule has 0 spiro atoms. The van der Waals surface area contributed by atoms with Crippen molar-refractivity contribution in [1.82, 2.24) is 5.32 Å². The summed E-state index contributed by atoms with van der Waals surface area (Å²) in [7, 11) is 0. The van der Waals surface area contributed by atoms with Crippen LogP contribution in [0.25, 0.3) is 0 Å². The Morgan fingerprint density at radius 3 is 2.94 bits per heavy atom. The first-order chi connectivity index (χ1) is 8.11. The average Bonchev–Trinajstić information content (AvgIpc) is 2.31. The Morgan fingerprint density at radius 1 is 1.47 bits per heavy atom. The van der Waals surface area contributed by atoms with Gasteiger partial charge in [-0.2, -0.15) is 0 Å². The number of hydrogen-bond donors (Lipinski definition) is 2. The number of rotatable bonds is 2. The minimum atomic E-state index is 0.0487. The van der Waals surface area contributed by atoms with E-state index in [4.69, 9.17) is 5.73 Å². The van der Waals surface area contributed by atoms with Gasteiger partial charge >= 0.3 is 0 Å². The molecule has 0 aliphatic carbocycles. The number of piperazine rings is 1. The lowest BCUT2D eigenvalue weighted by molar-refractivity contribution is -0.121. The highest BCUT2D eigenvalue weighted by Crippen LogP contribution is 2.23. The first kappa shape index (κ1) is 11.9. The number of anilines is 1. The smallest absolute Gasteiger partial charge is 0.239 e. The molecule has 0 saturated carbocycles. The summed E-state index contributed by atoms with van der Waals surface area (Å²) in [4.78, 5) is 13.7. The van der Waals surface area contributed by atoms with Crippen LogP contribution in [0.1, 0.15) is 11.1 Å². The van der Waals surface area contributed by atoms with Crippen LogP contribution in [0, 0.1) is 13.8 Å². The van der Waals surface area contributed by atoms with Crippen LogP contribution in [-0.4, -0.2) is 31.6 Å². The highest BCUT2D eigenvalue weighted by Gasteiger charge is 2.24. The Kier molecular flexibility index (Phi) is 3.33. The second kappa shape index (κ2) is 4.75. The molecule has 4 nitrogen and oxygen atoms in total. The van der Waals surface area contributed by atoms with E-state index >= 15 is 0 Å². The standard InChI is InChI=1S/C13H19N3O/c1-9-4-3-5-12(10(9)2)16-7-11(6-14)15-13(17)8-16/h3-5,11H,6-8,14H2,1-2H3,(H,15,17). The second-order valence-corrected chi connectivity index (χ2v) is 4.60. The topological polar surface area (TPSA) is 58.4 Å². The molecule has 4 heteroatoms. The molecule has 0 aromatic heterocycles. The number of amides is 1. The molecule has 1 aliphatic rings. The molecule has 1 saturated heterocycles. The number of carbonyl (C=O) groups is 1. The molecule has 1 aromatic rings. The lowest BCUT2D eigenvalue weighted by Crippen LogP contribution is -2.57. The van der Waals surface area contributed by atoms with Gasteiger partial charge in [-0.1, -0.05) is 12.1 Å². The highest BCUT2D eigenvalue weighted by atomic mass is 16.2. The Morgan fingerprint density at radius 2 is 2.24 bits per heavy atom. The molecule has 1 aliphatic heterocycles. The van der Waals surface area contributed by atoms with E-state index in [2.05, 4.69) is 36.2 Å². The summed E-state index contributed by atoms with van der Waals surface area (Å²) >= 11 is 0. The van der Waals surface area contributed by atoms with Crippen LogP contribution in [0.3, 0.4) is 0 Å². The van der Waals surface area contributed by atoms with Gasteiger partial charge in [0.15, 0.2) is 0 Å². The van der Waals surface area contributed by atoms with Gasteiger partial charge in [-0.15, -0.1) is 0 Å². The molecule has 3 N–H and O–H groups in total. The molecule has 1 aromatic carbocycles. The monoisotopic (exact) mass is 233 g/mol. The average molecular weight is 233 g/mol. The van der Waals surface area contributed by atoms with Crippen LogP contribution in [-0.2, 0) is 4.79 Å². The molecular weight excluding hydrogens is 214 g/mol. The van der Waals surface area contributed by atoms with Crippen molar-refractivity contribution in [2.75, 3.05) is 24.5 Å². The summed E-state index contributed by atoms with van der Waals surface area (Å²) < 4.78 is 0. The van der Waals surface area contributed by atoms with E-state index in [9.17, 15) is 4.79 Å². The van der Waals surface area contributed by atoms with Gasteiger partial charge in [-0.05, 0) is 31.0 Å². The lowest BCUT2D eigenvalue weighted by atomic mass is 10.1. The van der Waals surface area contributed by atoms with Crippen LogP contribution >= 0.6 is 0 Å². The van der Waals surface area contributed by atoms with Crippen molar-refractivity contribution >= 4 is 11.6 Å². The number of nitrogens with one attached hydrogen (secondary N) is 1. The third-order valence-electron chi connectivity index (χ3n) is 3.34. The van der Waals surface area contributed by atoms with E-state index < -0.39 is 0 Å². The van der Waals surface area contributed by atoms with E-state index in [1.807, 2.05) is 6.07 Å². The Labute approximate surface area is 102 Å². The van der Waals surface area contributed by atoms with Crippen LogP contribution in [0.4, 0.5) is 5.69 Å². The quantitative estimate of drug-likeness (QED) is 0.785. The van der Waals surface area contributed by atoms with Crippen LogP contribution < -0.4 is 16.0 Å². The van der Waals surface area contributed by atoms with Crippen LogP contribution in [0.2, 0.25) is 0 Å². The van der Waals surface area contributed by atoms with Crippen molar-refractivity contribution in [3.63, 3.8) is 0 Å². The van der Waals surface area contributed by atoms with E-state index in [0.717, 1.165) is 12.2 Å². The third kappa shape index (κ3) is 2.42. The van der Waals surface area contributed by atoms with Crippen molar-refractivity contribution in [3.05, 3.63) is 29.3 Å². The maximum atomic E-state index is 11.6. The van der Waals surface area contributed by atoms with Crippen molar-refractivity contribution < 1.29 is 4.79 Å². The van der Waals surface area contributed by atoms with Gasteiger partial charge < -0.3 is 16.0 Å². The fraction of sp³-hybridized carbons (Fsp3) is 0.462. The zero-order valence-corrected chi connectivity index (χ0v) is 10.4. The van der Waals surface area contributed by atoms with Gasteiger partial charge in [0, 0.05) is 18.8 Å². The number of hydrogen-bond acceptors (Lipinski definition) is 3. The second-order valence-electron chi connectivity index (χ2n) is 4.60. The zero-order chi connectivity index (χ0) is 12.4. The summed E-state index contributed by atoms with van der Waals surface area (Å²) in [6.45, 7) is 5.86. The van der Waals surface area contributed by atoms with Crippen LogP contribution in [0.5, 0.6) is 0 Å². The summed E-state index contributed by atoms with van der Waals surface area (Å²) in [5.41, 5.74) is 9.25. The van der Waals surface area contributed by atoms with Gasteiger partial charge in [0.2, 0.25) is 5.91 Å². The fourth-order valence-electron chi connectivity index (χ4n) is 2.22. The van der Waals surface area contributed by atoms with E-state index in [1.54, 1.807) is 0 Å². The normalized spacial score (nSPS) is 20.3. The molecule has 1 atom stereocenters. The van der Waals surface area contributed by atoms with Crippen molar-refractivity contribution in [2.45, 2.75) is 19.9 Å². The number of aryl methyl sites for hydroxylation is 1. The Bertz CT molecular complexity index is 431. The number of benzene rings is 1. The molecule has 17 heavy (non-hydrogen) atoms. The summed E-state index contributed by atoms with van der Waals surface area (Å²) in [5, 5.41) is 2.89. The minimum Gasteiger partial charge on any atom is -0.360 e. The van der Waals surface area contributed by atoms with E-state index in [-0.39, 0.29) is 11.9 Å². The largest absolute Gasteiger partial charge is 0.360 e. The SMILES string of the molecule is Cc1cccc(N2CC(=O)NC(CN)C2)c1C. The van der Waals surface area contributed by atoms with Crippen LogP contribution in [0.15, 0.2) is 18.2 Å². The highest BCUT2D eigenvalue weighted by molar-refractivity contribution is 5.83. The number of nitrogens with two attached hydrogens (primary N) is 1. The molecule has 92 valence electrons. The Balaban J connectivity index is 2.26. The maximum Gasteiger partial charge on any atom is 0.239 e. The maximum absolute atomic E-state index is 11.6. The molecular formula is C13H19N3O. The molecule has 0 radical (unpaired) electrons. The van der Waals surface area contributed by atoms with Crippen molar-refractivity contribution in [3.8, 4) is 0 Å². The molecule has 1 amide bonds. The number of carbonyl (C=O) groups excluding carboxylic acids is 1. The molecule has 1 heterocycles. The Hall–Kier alpha value is -1.55.